The van der Waals surface area contributed by atoms with Gasteiger partial charge < -0.3 is 0 Å². The average Bonchev–Trinajstić information content (AvgIpc) is 2.41. The highest BCUT2D eigenvalue weighted by Gasteiger charge is 2.16. The monoisotopic (exact) mass is 310 g/mol. The van der Waals surface area contributed by atoms with Gasteiger partial charge >= 0.3 is 0 Å². The maximum Gasteiger partial charge on any atom is 0.142 e. The van der Waals surface area contributed by atoms with E-state index in [-0.39, 0.29) is 5.02 Å². The molecular formula is C17H17Cl2F. The second-order valence-corrected chi connectivity index (χ2v) is 6.16. The molecule has 0 radical (unpaired) electrons. The molecule has 0 N–H and O–H groups in total. The molecule has 3 heteroatoms. The smallest absolute Gasteiger partial charge is 0.142 e. The van der Waals surface area contributed by atoms with Gasteiger partial charge in [-0.2, -0.15) is 0 Å². The summed E-state index contributed by atoms with van der Waals surface area (Å²) in [7, 11) is 0. The molecule has 0 heterocycles. The molecule has 2 aromatic rings. The standard InChI is InChI=1S/C17H17Cl2F/c1-11(2)10-12-6-8-13(9-7-12)16(18)14-4-3-5-15(20)17(14)19/h3-9,11,16H,10H2,1-2H3. The van der Waals surface area contributed by atoms with Gasteiger partial charge in [-0.1, -0.05) is 61.8 Å². The Kier molecular flexibility index (Phi) is 5.06. The second-order valence-electron chi connectivity index (χ2n) is 5.35. The lowest BCUT2D eigenvalue weighted by Crippen LogP contribution is -1.98. The molecule has 1 atom stereocenters. The summed E-state index contributed by atoms with van der Waals surface area (Å²) in [6.45, 7) is 4.37. The third-order valence-electron chi connectivity index (χ3n) is 3.17. The average molecular weight is 311 g/mol. The molecule has 0 aliphatic carbocycles. The number of hydrogen-bond donors (Lipinski definition) is 0. The largest absolute Gasteiger partial charge is 0.205 e. The summed E-state index contributed by atoms with van der Waals surface area (Å²) in [5, 5.41) is -0.343. The highest BCUT2D eigenvalue weighted by atomic mass is 35.5. The molecule has 0 nitrogen and oxygen atoms in total. The molecule has 0 amide bonds. The molecule has 0 bridgehead atoms. The molecule has 0 aliphatic rings. The molecular weight excluding hydrogens is 294 g/mol. The van der Waals surface area contributed by atoms with Crippen LogP contribution in [0.2, 0.25) is 5.02 Å². The van der Waals surface area contributed by atoms with Gasteiger partial charge in [-0.15, -0.1) is 11.6 Å². The van der Waals surface area contributed by atoms with E-state index in [1.165, 1.54) is 11.6 Å². The van der Waals surface area contributed by atoms with Crippen LogP contribution in [-0.4, -0.2) is 0 Å². The van der Waals surface area contributed by atoms with E-state index in [9.17, 15) is 4.39 Å². The van der Waals surface area contributed by atoms with Crippen LogP contribution >= 0.6 is 23.2 Å². The Morgan fingerprint density at radius 1 is 1.05 bits per heavy atom. The Hall–Kier alpha value is -1.05. The summed E-state index contributed by atoms with van der Waals surface area (Å²) >= 11 is 12.4. The third kappa shape index (κ3) is 3.53. The Balaban J connectivity index is 2.25. The van der Waals surface area contributed by atoms with Crippen molar-refractivity contribution >= 4 is 23.2 Å². The molecule has 0 saturated heterocycles. The van der Waals surface area contributed by atoms with Crippen LogP contribution in [0.5, 0.6) is 0 Å². The SMILES string of the molecule is CC(C)Cc1ccc(C(Cl)c2cccc(F)c2Cl)cc1. The van der Waals surface area contributed by atoms with Crippen LogP contribution in [0.3, 0.4) is 0 Å². The highest BCUT2D eigenvalue weighted by molar-refractivity contribution is 6.33. The van der Waals surface area contributed by atoms with Crippen molar-refractivity contribution in [2.75, 3.05) is 0 Å². The maximum atomic E-state index is 13.5. The zero-order chi connectivity index (χ0) is 14.7. The first-order valence-electron chi connectivity index (χ1n) is 6.66. The minimum atomic E-state index is -0.439. The lowest BCUT2D eigenvalue weighted by atomic mass is 9.99. The highest BCUT2D eigenvalue weighted by Crippen LogP contribution is 2.34. The van der Waals surface area contributed by atoms with Crippen LogP contribution in [0.1, 0.15) is 35.9 Å². The topological polar surface area (TPSA) is 0 Å². The quantitative estimate of drug-likeness (QED) is 0.607. The Morgan fingerprint density at radius 3 is 2.30 bits per heavy atom. The first-order valence-corrected chi connectivity index (χ1v) is 7.47. The predicted molar refractivity (Wildman–Crippen MR) is 84.1 cm³/mol. The Morgan fingerprint density at radius 2 is 1.70 bits per heavy atom. The fourth-order valence-corrected chi connectivity index (χ4v) is 2.81. The summed E-state index contributed by atoms with van der Waals surface area (Å²) in [4.78, 5) is 0. The second kappa shape index (κ2) is 6.60. The van der Waals surface area contributed by atoms with Crippen molar-refractivity contribution in [3.05, 3.63) is 70.0 Å². The summed E-state index contributed by atoms with van der Waals surface area (Å²) in [5.41, 5.74) is 2.80. The molecule has 2 aromatic carbocycles. The van der Waals surface area contributed by atoms with Gasteiger partial charge in [0.15, 0.2) is 0 Å². The van der Waals surface area contributed by atoms with Crippen molar-refractivity contribution < 1.29 is 4.39 Å². The Labute approximate surface area is 129 Å². The van der Waals surface area contributed by atoms with E-state index in [1.807, 2.05) is 12.1 Å². The molecule has 0 fully saturated rings. The molecule has 0 saturated carbocycles. The van der Waals surface area contributed by atoms with Gasteiger partial charge in [-0.25, -0.2) is 4.39 Å². The van der Waals surface area contributed by atoms with Crippen LogP contribution in [0, 0.1) is 11.7 Å². The van der Waals surface area contributed by atoms with Crippen molar-refractivity contribution in [2.24, 2.45) is 5.92 Å². The van der Waals surface area contributed by atoms with E-state index in [0.717, 1.165) is 12.0 Å². The number of benzene rings is 2. The van der Waals surface area contributed by atoms with Gasteiger partial charge in [0.2, 0.25) is 0 Å². The van der Waals surface area contributed by atoms with Gasteiger partial charge in [0, 0.05) is 0 Å². The zero-order valence-corrected chi connectivity index (χ0v) is 13.0. The third-order valence-corrected chi connectivity index (χ3v) is 4.06. The molecule has 20 heavy (non-hydrogen) atoms. The molecule has 2 rings (SSSR count). The van der Waals surface area contributed by atoms with Gasteiger partial charge in [0.25, 0.3) is 0 Å². The lowest BCUT2D eigenvalue weighted by molar-refractivity contribution is 0.626. The molecule has 0 spiro atoms. The first kappa shape index (κ1) is 15.3. The van der Waals surface area contributed by atoms with Crippen LogP contribution < -0.4 is 0 Å². The normalized spacial score (nSPS) is 12.7. The first-order chi connectivity index (χ1) is 9.49. The van der Waals surface area contributed by atoms with Crippen LogP contribution in [0.15, 0.2) is 42.5 Å². The minimum absolute atomic E-state index is 0.0961. The van der Waals surface area contributed by atoms with Crippen LogP contribution in [0.25, 0.3) is 0 Å². The summed E-state index contributed by atoms with van der Waals surface area (Å²) < 4.78 is 13.5. The van der Waals surface area contributed by atoms with Gasteiger partial charge in [0.05, 0.1) is 10.4 Å². The lowest BCUT2D eigenvalue weighted by Gasteiger charge is -2.13. The summed E-state index contributed by atoms with van der Waals surface area (Å²) in [5.74, 6) is 0.177. The summed E-state index contributed by atoms with van der Waals surface area (Å²) in [6, 6.07) is 12.8. The van der Waals surface area contributed by atoms with Crippen LogP contribution in [0.4, 0.5) is 4.39 Å². The predicted octanol–water partition coefficient (Wildman–Crippen LogP) is 6.01. The van der Waals surface area contributed by atoms with Crippen molar-refractivity contribution in [3.8, 4) is 0 Å². The number of rotatable bonds is 4. The molecule has 0 aliphatic heterocycles. The summed E-state index contributed by atoms with van der Waals surface area (Å²) in [6.07, 6.45) is 1.04. The van der Waals surface area contributed by atoms with Crippen molar-refractivity contribution in [3.63, 3.8) is 0 Å². The van der Waals surface area contributed by atoms with Gasteiger partial charge in [-0.05, 0) is 35.1 Å². The van der Waals surface area contributed by atoms with Crippen molar-refractivity contribution in [1.82, 2.24) is 0 Å². The molecule has 1 unspecified atom stereocenters. The molecule has 106 valence electrons. The fraction of sp³-hybridized carbons (Fsp3) is 0.294. The fourth-order valence-electron chi connectivity index (χ4n) is 2.19. The maximum absolute atomic E-state index is 13.5. The van der Waals surface area contributed by atoms with E-state index in [1.54, 1.807) is 12.1 Å². The number of hydrogen-bond acceptors (Lipinski definition) is 0. The molecule has 0 aromatic heterocycles. The van der Waals surface area contributed by atoms with Gasteiger partial charge in [0.1, 0.15) is 5.82 Å². The van der Waals surface area contributed by atoms with Crippen LogP contribution in [-0.2, 0) is 6.42 Å². The zero-order valence-electron chi connectivity index (χ0n) is 11.5. The van der Waals surface area contributed by atoms with E-state index >= 15 is 0 Å². The van der Waals surface area contributed by atoms with Crippen molar-refractivity contribution in [1.29, 1.82) is 0 Å². The minimum Gasteiger partial charge on any atom is -0.205 e. The number of alkyl halides is 1. The van der Waals surface area contributed by atoms with E-state index < -0.39 is 11.2 Å². The van der Waals surface area contributed by atoms with Crippen molar-refractivity contribution in [2.45, 2.75) is 25.6 Å². The van der Waals surface area contributed by atoms with Gasteiger partial charge in [-0.3, -0.25) is 0 Å². The Bertz CT molecular complexity index is 576. The number of halogens is 3. The van der Waals surface area contributed by atoms with E-state index in [4.69, 9.17) is 23.2 Å². The van der Waals surface area contributed by atoms with E-state index in [0.29, 0.717) is 11.5 Å². The van der Waals surface area contributed by atoms with E-state index in [2.05, 4.69) is 26.0 Å².